The van der Waals surface area contributed by atoms with Gasteiger partial charge in [0.25, 0.3) is 0 Å². The quantitative estimate of drug-likeness (QED) is 0.872. The Balaban J connectivity index is 2.04. The van der Waals surface area contributed by atoms with Gasteiger partial charge >= 0.3 is 0 Å². The van der Waals surface area contributed by atoms with E-state index < -0.39 is 0 Å². The van der Waals surface area contributed by atoms with Crippen LogP contribution >= 0.6 is 15.9 Å². The smallest absolute Gasteiger partial charge is 0.0175 e. The second-order valence-electron chi connectivity index (χ2n) is 6.16. The summed E-state index contributed by atoms with van der Waals surface area (Å²) in [7, 11) is 0. The summed E-state index contributed by atoms with van der Waals surface area (Å²) in [5.41, 5.74) is 8.15. The van der Waals surface area contributed by atoms with Crippen LogP contribution in [0, 0.1) is 11.3 Å². The molecule has 0 heterocycles. The van der Waals surface area contributed by atoms with Gasteiger partial charge in [-0.2, -0.15) is 0 Å². The molecule has 1 aliphatic rings. The van der Waals surface area contributed by atoms with Crippen LogP contribution in [0.4, 0.5) is 0 Å². The van der Waals surface area contributed by atoms with Gasteiger partial charge in [-0.15, -0.1) is 0 Å². The minimum Gasteiger partial charge on any atom is -0.327 e. The van der Waals surface area contributed by atoms with Crippen molar-refractivity contribution in [3.63, 3.8) is 0 Å². The first-order valence-corrected chi connectivity index (χ1v) is 7.26. The maximum absolute atomic E-state index is 6.27. The fraction of sp³-hybridized carbons (Fsp3) is 0.600. The minimum absolute atomic E-state index is 0.381. The van der Waals surface area contributed by atoms with Crippen molar-refractivity contribution in [3.05, 3.63) is 34.3 Å². The lowest BCUT2D eigenvalue weighted by Gasteiger charge is -2.39. The summed E-state index contributed by atoms with van der Waals surface area (Å²) in [6.45, 7) is 4.74. The molecule has 94 valence electrons. The van der Waals surface area contributed by atoms with Gasteiger partial charge in [-0.1, -0.05) is 41.9 Å². The summed E-state index contributed by atoms with van der Waals surface area (Å²) in [5, 5.41) is 0. The Bertz CT molecular complexity index is 369. The molecule has 0 amide bonds. The summed E-state index contributed by atoms with van der Waals surface area (Å²) in [4.78, 5) is 0. The summed E-state index contributed by atoms with van der Waals surface area (Å²) >= 11 is 3.48. The van der Waals surface area contributed by atoms with Crippen LogP contribution in [-0.4, -0.2) is 6.04 Å². The van der Waals surface area contributed by atoms with Gasteiger partial charge in [0.15, 0.2) is 0 Å². The van der Waals surface area contributed by atoms with Crippen LogP contribution < -0.4 is 5.73 Å². The van der Waals surface area contributed by atoms with Crippen LogP contribution in [-0.2, 0) is 6.42 Å². The van der Waals surface area contributed by atoms with E-state index in [-0.39, 0.29) is 0 Å². The van der Waals surface area contributed by atoms with E-state index in [1.165, 1.54) is 24.8 Å². The van der Waals surface area contributed by atoms with E-state index in [0.29, 0.717) is 17.4 Å². The normalized spacial score (nSPS) is 28.0. The monoisotopic (exact) mass is 295 g/mol. The fourth-order valence-corrected chi connectivity index (χ4v) is 3.17. The van der Waals surface area contributed by atoms with E-state index in [1.54, 1.807) is 0 Å². The third kappa shape index (κ3) is 3.56. The van der Waals surface area contributed by atoms with E-state index in [0.717, 1.165) is 10.9 Å². The van der Waals surface area contributed by atoms with Crippen LogP contribution in [0.1, 0.15) is 38.7 Å². The number of halogens is 1. The Morgan fingerprint density at radius 1 is 1.29 bits per heavy atom. The highest BCUT2D eigenvalue weighted by atomic mass is 79.9. The number of hydrogen-bond acceptors (Lipinski definition) is 1. The van der Waals surface area contributed by atoms with Crippen molar-refractivity contribution in [2.75, 3.05) is 0 Å². The molecule has 2 atom stereocenters. The third-order valence-electron chi connectivity index (χ3n) is 3.99. The van der Waals surface area contributed by atoms with Gasteiger partial charge in [0, 0.05) is 10.5 Å². The predicted molar refractivity (Wildman–Crippen MR) is 76.9 cm³/mol. The van der Waals surface area contributed by atoms with Gasteiger partial charge in [-0.25, -0.2) is 0 Å². The zero-order valence-corrected chi connectivity index (χ0v) is 12.3. The molecule has 0 saturated heterocycles. The van der Waals surface area contributed by atoms with Gasteiger partial charge in [-0.3, -0.25) is 0 Å². The van der Waals surface area contributed by atoms with Crippen molar-refractivity contribution in [2.24, 2.45) is 17.1 Å². The molecule has 2 N–H and O–H groups in total. The molecule has 0 radical (unpaired) electrons. The first-order chi connectivity index (χ1) is 7.96. The van der Waals surface area contributed by atoms with Gasteiger partial charge in [0.05, 0.1) is 0 Å². The summed E-state index contributed by atoms with van der Waals surface area (Å²) in [6, 6.07) is 9.03. The van der Waals surface area contributed by atoms with Gasteiger partial charge < -0.3 is 5.73 Å². The van der Waals surface area contributed by atoms with E-state index in [9.17, 15) is 0 Å². The second-order valence-corrected chi connectivity index (χ2v) is 7.08. The van der Waals surface area contributed by atoms with Crippen molar-refractivity contribution in [3.8, 4) is 0 Å². The van der Waals surface area contributed by atoms with Crippen LogP contribution in [0.3, 0.4) is 0 Å². The number of benzene rings is 1. The molecule has 1 aliphatic carbocycles. The molecule has 0 spiro atoms. The molecule has 0 bridgehead atoms. The highest BCUT2D eigenvalue weighted by molar-refractivity contribution is 9.10. The SMILES string of the molecule is CC1(C)CCC(N)C(Cc2ccc(Br)cc2)C1. The number of hydrogen-bond donors (Lipinski definition) is 1. The first-order valence-electron chi connectivity index (χ1n) is 6.46. The van der Waals surface area contributed by atoms with Crippen molar-refractivity contribution in [1.82, 2.24) is 0 Å². The Hall–Kier alpha value is -0.340. The van der Waals surface area contributed by atoms with Crippen molar-refractivity contribution in [2.45, 2.75) is 45.6 Å². The number of rotatable bonds is 2. The maximum Gasteiger partial charge on any atom is 0.0175 e. The van der Waals surface area contributed by atoms with Crippen molar-refractivity contribution < 1.29 is 0 Å². The highest BCUT2D eigenvalue weighted by Crippen LogP contribution is 2.39. The van der Waals surface area contributed by atoms with Gasteiger partial charge in [-0.05, 0) is 54.7 Å². The molecule has 0 aromatic heterocycles. The van der Waals surface area contributed by atoms with E-state index in [1.807, 2.05) is 0 Å². The van der Waals surface area contributed by atoms with Crippen LogP contribution in [0.5, 0.6) is 0 Å². The standard InChI is InChI=1S/C15H22BrN/c1-15(2)8-7-14(17)12(10-15)9-11-3-5-13(16)6-4-11/h3-6,12,14H,7-10,17H2,1-2H3. The molecule has 1 fully saturated rings. The maximum atomic E-state index is 6.27. The molecule has 1 nitrogen and oxygen atoms in total. The molecular formula is C15H22BrN. The van der Waals surface area contributed by atoms with Crippen molar-refractivity contribution in [1.29, 1.82) is 0 Å². The Morgan fingerprint density at radius 3 is 2.59 bits per heavy atom. The Morgan fingerprint density at radius 2 is 1.94 bits per heavy atom. The van der Waals surface area contributed by atoms with Crippen LogP contribution in [0.15, 0.2) is 28.7 Å². The average Bonchev–Trinajstić information content (AvgIpc) is 2.26. The topological polar surface area (TPSA) is 26.0 Å². The van der Waals surface area contributed by atoms with E-state index in [2.05, 4.69) is 54.0 Å². The molecule has 17 heavy (non-hydrogen) atoms. The number of nitrogens with two attached hydrogens (primary N) is 1. The molecule has 2 rings (SSSR count). The zero-order valence-electron chi connectivity index (χ0n) is 10.7. The molecule has 1 aromatic rings. The molecule has 1 aromatic carbocycles. The lowest BCUT2D eigenvalue weighted by atomic mass is 9.68. The molecule has 1 saturated carbocycles. The summed E-state index contributed by atoms with van der Waals surface area (Å²) < 4.78 is 1.15. The first kappa shape index (κ1) is 13.1. The third-order valence-corrected chi connectivity index (χ3v) is 4.51. The fourth-order valence-electron chi connectivity index (χ4n) is 2.90. The van der Waals surface area contributed by atoms with Crippen LogP contribution in [0.2, 0.25) is 0 Å². The van der Waals surface area contributed by atoms with Gasteiger partial charge in [0.2, 0.25) is 0 Å². The molecule has 2 heteroatoms. The Kier molecular flexibility index (Phi) is 3.94. The zero-order chi connectivity index (χ0) is 12.5. The van der Waals surface area contributed by atoms with Crippen LogP contribution in [0.25, 0.3) is 0 Å². The molecule has 2 unspecified atom stereocenters. The summed E-state index contributed by atoms with van der Waals surface area (Å²) in [5.74, 6) is 0.639. The lowest BCUT2D eigenvalue weighted by Crippen LogP contribution is -2.40. The van der Waals surface area contributed by atoms with E-state index in [4.69, 9.17) is 5.73 Å². The second kappa shape index (κ2) is 5.11. The highest BCUT2D eigenvalue weighted by Gasteiger charge is 2.32. The average molecular weight is 296 g/mol. The van der Waals surface area contributed by atoms with E-state index >= 15 is 0 Å². The molecular weight excluding hydrogens is 274 g/mol. The van der Waals surface area contributed by atoms with Gasteiger partial charge in [0.1, 0.15) is 0 Å². The van der Waals surface area contributed by atoms with Crippen molar-refractivity contribution >= 4 is 15.9 Å². The Labute approximate surface area is 113 Å². The molecule has 0 aliphatic heterocycles. The lowest BCUT2D eigenvalue weighted by molar-refractivity contribution is 0.157. The predicted octanol–water partition coefficient (Wildman–Crippen LogP) is 4.15. The summed E-state index contributed by atoms with van der Waals surface area (Å²) in [6.07, 6.45) is 4.82. The largest absolute Gasteiger partial charge is 0.327 e. The minimum atomic E-state index is 0.381.